The molecule has 0 atom stereocenters. The molecule has 0 aromatic heterocycles. The van der Waals surface area contributed by atoms with Crippen LogP contribution in [0.3, 0.4) is 0 Å². The molecule has 2 aliphatic rings. The first-order valence-corrected chi connectivity index (χ1v) is 9.24. The van der Waals surface area contributed by atoms with Crippen LogP contribution in [0, 0.1) is 0 Å². The number of carbonyl (C=O) groups is 1. The molecule has 1 aromatic carbocycles. The first kappa shape index (κ1) is 16.2. The molecule has 4 nitrogen and oxygen atoms in total. The molecule has 4 heteroatoms. The van der Waals surface area contributed by atoms with Gasteiger partial charge in [0.05, 0.1) is 11.4 Å². The van der Waals surface area contributed by atoms with Gasteiger partial charge in [0.1, 0.15) is 0 Å². The first-order chi connectivity index (χ1) is 11.3. The number of hydrogen-bond acceptors (Lipinski definition) is 2. The number of rotatable bonds is 3. The van der Waals surface area contributed by atoms with Crippen molar-refractivity contribution in [3.63, 3.8) is 0 Å². The Kier molecular flexibility index (Phi) is 5.78. The van der Waals surface area contributed by atoms with Crippen molar-refractivity contribution >= 4 is 17.4 Å². The van der Waals surface area contributed by atoms with Gasteiger partial charge in [0.2, 0.25) is 0 Å². The van der Waals surface area contributed by atoms with Gasteiger partial charge in [-0.3, -0.25) is 0 Å². The summed E-state index contributed by atoms with van der Waals surface area (Å²) in [5, 5.41) is 6.23. The van der Waals surface area contributed by atoms with Gasteiger partial charge in [0.15, 0.2) is 0 Å². The van der Waals surface area contributed by atoms with Gasteiger partial charge in [-0.15, -0.1) is 0 Å². The van der Waals surface area contributed by atoms with Gasteiger partial charge in [-0.05, 0) is 37.8 Å². The topological polar surface area (TPSA) is 44.4 Å². The summed E-state index contributed by atoms with van der Waals surface area (Å²) in [6.07, 6.45) is 11.1. The molecular formula is C19H29N3O. The van der Waals surface area contributed by atoms with E-state index in [1.54, 1.807) is 0 Å². The van der Waals surface area contributed by atoms with E-state index in [0.717, 1.165) is 37.3 Å². The van der Waals surface area contributed by atoms with Crippen LogP contribution in [0.15, 0.2) is 24.3 Å². The predicted octanol–water partition coefficient (Wildman–Crippen LogP) is 4.52. The number of carbonyl (C=O) groups excluding carboxylic acids is 1. The lowest BCUT2D eigenvalue weighted by Gasteiger charge is -2.26. The minimum Gasteiger partial charge on any atom is -0.370 e. The molecule has 0 radical (unpaired) electrons. The van der Waals surface area contributed by atoms with Crippen LogP contribution in [0.5, 0.6) is 0 Å². The standard InChI is InChI=1S/C19H29N3O/c23-19(20-16-10-4-3-5-11-16)21-17-12-6-7-13-18(17)22-14-8-1-2-9-15-22/h6-7,12-13,16H,1-5,8-11,14-15H2,(H2,20,21,23). The number of hydrogen-bond donors (Lipinski definition) is 2. The molecule has 1 aliphatic heterocycles. The molecule has 1 heterocycles. The highest BCUT2D eigenvalue weighted by molar-refractivity contribution is 5.93. The summed E-state index contributed by atoms with van der Waals surface area (Å²) in [7, 11) is 0. The van der Waals surface area contributed by atoms with E-state index in [-0.39, 0.29) is 6.03 Å². The normalized spacial score (nSPS) is 19.9. The monoisotopic (exact) mass is 315 g/mol. The van der Waals surface area contributed by atoms with E-state index in [1.807, 2.05) is 12.1 Å². The SMILES string of the molecule is O=C(Nc1ccccc1N1CCCCCC1)NC1CCCCC1. The molecule has 2 N–H and O–H groups in total. The van der Waals surface area contributed by atoms with Crippen LogP contribution < -0.4 is 15.5 Å². The summed E-state index contributed by atoms with van der Waals surface area (Å²) in [4.78, 5) is 14.8. The quantitative estimate of drug-likeness (QED) is 0.861. The van der Waals surface area contributed by atoms with E-state index in [4.69, 9.17) is 0 Å². The third kappa shape index (κ3) is 4.63. The second kappa shape index (κ2) is 8.23. The molecule has 2 amide bonds. The number of urea groups is 1. The van der Waals surface area contributed by atoms with Crippen molar-refractivity contribution in [2.45, 2.75) is 63.8 Å². The van der Waals surface area contributed by atoms with Gasteiger partial charge in [-0.25, -0.2) is 4.79 Å². The Balaban J connectivity index is 1.63. The molecule has 126 valence electrons. The highest BCUT2D eigenvalue weighted by atomic mass is 16.2. The highest BCUT2D eigenvalue weighted by Crippen LogP contribution is 2.28. The fraction of sp³-hybridized carbons (Fsp3) is 0.632. The van der Waals surface area contributed by atoms with Gasteiger partial charge in [0, 0.05) is 19.1 Å². The Hall–Kier alpha value is -1.71. The zero-order valence-electron chi connectivity index (χ0n) is 14.0. The van der Waals surface area contributed by atoms with Crippen molar-refractivity contribution in [1.82, 2.24) is 5.32 Å². The number of nitrogens with one attached hydrogen (secondary N) is 2. The zero-order chi connectivity index (χ0) is 15.9. The van der Waals surface area contributed by atoms with Crippen LogP contribution >= 0.6 is 0 Å². The maximum absolute atomic E-state index is 12.3. The summed E-state index contributed by atoms with van der Waals surface area (Å²) in [6.45, 7) is 2.17. The largest absolute Gasteiger partial charge is 0.370 e. The van der Waals surface area contributed by atoms with E-state index in [2.05, 4.69) is 27.7 Å². The van der Waals surface area contributed by atoms with Crippen LogP contribution in [0.4, 0.5) is 16.2 Å². The molecular weight excluding hydrogens is 286 g/mol. The van der Waals surface area contributed by atoms with Crippen molar-refractivity contribution in [2.75, 3.05) is 23.3 Å². The second-order valence-corrected chi connectivity index (χ2v) is 6.85. The second-order valence-electron chi connectivity index (χ2n) is 6.85. The Morgan fingerprint density at radius 2 is 1.57 bits per heavy atom. The third-order valence-electron chi connectivity index (χ3n) is 5.04. The van der Waals surface area contributed by atoms with Gasteiger partial charge >= 0.3 is 6.03 Å². The molecule has 1 saturated carbocycles. The van der Waals surface area contributed by atoms with E-state index < -0.39 is 0 Å². The molecule has 23 heavy (non-hydrogen) atoms. The molecule has 3 rings (SSSR count). The lowest BCUT2D eigenvalue weighted by Crippen LogP contribution is -2.39. The van der Waals surface area contributed by atoms with E-state index in [1.165, 1.54) is 44.9 Å². The summed E-state index contributed by atoms with van der Waals surface area (Å²) < 4.78 is 0. The van der Waals surface area contributed by atoms with Crippen molar-refractivity contribution in [1.29, 1.82) is 0 Å². The summed E-state index contributed by atoms with van der Waals surface area (Å²) in [6, 6.07) is 8.48. The fourth-order valence-corrected chi connectivity index (χ4v) is 3.76. The lowest BCUT2D eigenvalue weighted by atomic mass is 9.96. The summed E-state index contributed by atoms with van der Waals surface area (Å²) in [5.74, 6) is 0. The zero-order valence-corrected chi connectivity index (χ0v) is 14.0. The lowest BCUT2D eigenvalue weighted by molar-refractivity contribution is 0.244. The van der Waals surface area contributed by atoms with Crippen molar-refractivity contribution in [2.24, 2.45) is 0 Å². The van der Waals surface area contributed by atoms with Crippen LogP contribution in [-0.2, 0) is 0 Å². The maximum Gasteiger partial charge on any atom is 0.319 e. The van der Waals surface area contributed by atoms with Crippen LogP contribution in [0.2, 0.25) is 0 Å². The van der Waals surface area contributed by atoms with Crippen LogP contribution in [0.1, 0.15) is 57.8 Å². The van der Waals surface area contributed by atoms with E-state index in [9.17, 15) is 4.79 Å². The fourth-order valence-electron chi connectivity index (χ4n) is 3.76. The van der Waals surface area contributed by atoms with Crippen molar-refractivity contribution in [3.05, 3.63) is 24.3 Å². The Morgan fingerprint density at radius 3 is 2.30 bits per heavy atom. The predicted molar refractivity (Wildman–Crippen MR) is 96.2 cm³/mol. The number of nitrogens with zero attached hydrogens (tertiary/aromatic N) is 1. The minimum absolute atomic E-state index is 0.0563. The first-order valence-electron chi connectivity index (χ1n) is 9.24. The number of benzene rings is 1. The van der Waals surface area contributed by atoms with Gasteiger partial charge in [0.25, 0.3) is 0 Å². The van der Waals surface area contributed by atoms with Gasteiger partial charge in [-0.1, -0.05) is 44.2 Å². The molecule has 1 aliphatic carbocycles. The molecule has 1 saturated heterocycles. The molecule has 2 fully saturated rings. The van der Waals surface area contributed by atoms with Crippen LogP contribution in [-0.4, -0.2) is 25.2 Å². The average molecular weight is 315 g/mol. The van der Waals surface area contributed by atoms with Crippen molar-refractivity contribution in [3.8, 4) is 0 Å². The number of para-hydroxylation sites is 2. The van der Waals surface area contributed by atoms with Gasteiger partial charge in [-0.2, -0.15) is 0 Å². The Labute approximate surface area is 139 Å². The Bertz CT molecular complexity index is 503. The smallest absolute Gasteiger partial charge is 0.319 e. The summed E-state index contributed by atoms with van der Waals surface area (Å²) in [5.41, 5.74) is 2.09. The Morgan fingerprint density at radius 1 is 0.913 bits per heavy atom. The maximum atomic E-state index is 12.3. The molecule has 0 unspecified atom stereocenters. The average Bonchev–Trinajstić information content (AvgIpc) is 2.85. The van der Waals surface area contributed by atoms with E-state index >= 15 is 0 Å². The number of amides is 2. The van der Waals surface area contributed by atoms with Crippen LogP contribution in [0.25, 0.3) is 0 Å². The van der Waals surface area contributed by atoms with Gasteiger partial charge < -0.3 is 15.5 Å². The molecule has 0 bridgehead atoms. The van der Waals surface area contributed by atoms with E-state index in [0.29, 0.717) is 6.04 Å². The molecule has 0 spiro atoms. The molecule has 1 aromatic rings. The highest BCUT2D eigenvalue weighted by Gasteiger charge is 2.18. The minimum atomic E-state index is -0.0563. The summed E-state index contributed by atoms with van der Waals surface area (Å²) >= 11 is 0. The van der Waals surface area contributed by atoms with Crippen molar-refractivity contribution < 1.29 is 4.79 Å². The third-order valence-corrected chi connectivity index (χ3v) is 5.04. The number of anilines is 2.